The van der Waals surface area contributed by atoms with Crippen molar-refractivity contribution in [1.82, 2.24) is 0 Å². The third-order valence-electron chi connectivity index (χ3n) is 5.95. The monoisotopic (exact) mass is 494 g/mol. The molecule has 1 aliphatic rings. The van der Waals surface area contributed by atoms with Gasteiger partial charge >= 0.3 is 11.6 Å². The van der Waals surface area contributed by atoms with Crippen LogP contribution >= 0.6 is 0 Å². The molecule has 8 heteroatoms. The fourth-order valence-corrected chi connectivity index (χ4v) is 4.18. The maximum atomic E-state index is 12.8. The number of carbonyl (C=O) groups excluding carboxylic acids is 1. The highest BCUT2D eigenvalue weighted by molar-refractivity contribution is 5.94. The van der Waals surface area contributed by atoms with E-state index in [9.17, 15) is 14.9 Å². The molecule has 4 aromatic rings. The van der Waals surface area contributed by atoms with E-state index in [0.29, 0.717) is 28.9 Å². The van der Waals surface area contributed by atoms with Gasteiger partial charge in [-0.25, -0.2) is 9.59 Å². The predicted molar refractivity (Wildman–Crippen MR) is 135 cm³/mol. The Labute approximate surface area is 212 Å². The number of para-hydroxylation sites is 1. The van der Waals surface area contributed by atoms with Crippen molar-refractivity contribution < 1.29 is 23.4 Å². The van der Waals surface area contributed by atoms with Crippen molar-refractivity contribution >= 4 is 16.9 Å². The number of nitrogens with zero attached hydrogens (tertiary/aromatic N) is 1. The summed E-state index contributed by atoms with van der Waals surface area (Å²) in [6.45, 7) is 2.64. The fourth-order valence-electron chi connectivity index (χ4n) is 4.18. The minimum atomic E-state index is -0.865. The first-order chi connectivity index (χ1) is 18.0. The largest absolute Gasteiger partial charge is 0.494 e. The molecule has 8 nitrogen and oxygen atoms in total. The van der Waals surface area contributed by atoms with Crippen LogP contribution in [0.2, 0.25) is 0 Å². The fraction of sp³-hybridized carbons (Fsp3) is 0.138. The first kappa shape index (κ1) is 23.7. The first-order valence-electron chi connectivity index (χ1n) is 11.7. The van der Waals surface area contributed by atoms with Crippen LogP contribution in [0.25, 0.3) is 11.0 Å². The molecule has 1 aromatic heterocycles. The molecule has 0 radical (unpaired) electrons. The molecule has 2 heterocycles. The molecular weight excluding hydrogens is 472 g/mol. The summed E-state index contributed by atoms with van der Waals surface area (Å²) in [6.07, 6.45) is 0.894. The van der Waals surface area contributed by atoms with Gasteiger partial charge in [-0.2, -0.15) is 5.26 Å². The van der Waals surface area contributed by atoms with Crippen molar-refractivity contribution in [3.05, 3.63) is 111 Å². The van der Waals surface area contributed by atoms with Gasteiger partial charge in [0, 0.05) is 17.0 Å². The van der Waals surface area contributed by atoms with Gasteiger partial charge in [-0.05, 0) is 42.3 Å². The molecule has 5 rings (SSSR count). The quantitative estimate of drug-likeness (QED) is 0.225. The number of hydrogen-bond acceptors (Lipinski definition) is 8. The van der Waals surface area contributed by atoms with Gasteiger partial charge in [0.05, 0.1) is 12.5 Å². The second-order valence-corrected chi connectivity index (χ2v) is 8.42. The molecule has 0 fully saturated rings. The Bertz CT molecular complexity index is 1630. The zero-order chi connectivity index (χ0) is 25.9. The number of ether oxygens (including phenoxy) is 3. The van der Waals surface area contributed by atoms with E-state index in [1.54, 1.807) is 36.4 Å². The molecule has 3 aromatic carbocycles. The molecule has 184 valence electrons. The Kier molecular flexibility index (Phi) is 6.35. The van der Waals surface area contributed by atoms with E-state index in [1.807, 2.05) is 31.2 Å². The summed E-state index contributed by atoms with van der Waals surface area (Å²) in [5.41, 5.74) is 7.21. The van der Waals surface area contributed by atoms with E-state index in [0.717, 1.165) is 17.7 Å². The molecular formula is C29H22N2O6. The summed E-state index contributed by atoms with van der Waals surface area (Å²) in [5.74, 6) is -0.170. The van der Waals surface area contributed by atoms with Crippen molar-refractivity contribution in [2.75, 3.05) is 6.61 Å². The predicted octanol–water partition coefficient (Wildman–Crippen LogP) is 5.02. The number of fused-ring (bicyclic) bond motifs is 2. The normalized spacial score (nSPS) is 14.4. The van der Waals surface area contributed by atoms with Crippen LogP contribution in [0.3, 0.4) is 0 Å². The number of allylic oxidation sites excluding steroid dienone is 1. The number of nitrogens with two attached hydrogens (primary N) is 1. The van der Waals surface area contributed by atoms with Crippen molar-refractivity contribution in [3.8, 4) is 23.3 Å². The lowest BCUT2D eigenvalue weighted by Gasteiger charge is -2.26. The summed E-state index contributed by atoms with van der Waals surface area (Å²) < 4.78 is 22.1. The van der Waals surface area contributed by atoms with Gasteiger partial charge in [0.15, 0.2) is 0 Å². The number of rotatable bonds is 6. The molecule has 0 spiro atoms. The van der Waals surface area contributed by atoms with E-state index in [2.05, 4.69) is 6.07 Å². The Hall–Kier alpha value is -5.03. The van der Waals surface area contributed by atoms with E-state index in [1.165, 1.54) is 12.1 Å². The number of nitriles is 1. The molecule has 0 saturated heterocycles. The Morgan fingerprint density at radius 2 is 1.81 bits per heavy atom. The highest BCUT2D eigenvalue weighted by atomic mass is 16.5. The molecule has 1 unspecified atom stereocenters. The van der Waals surface area contributed by atoms with E-state index in [-0.39, 0.29) is 22.8 Å². The second kappa shape index (κ2) is 9.91. The van der Waals surface area contributed by atoms with Gasteiger partial charge in [0.25, 0.3) is 0 Å². The average molecular weight is 495 g/mol. The molecule has 1 aliphatic heterocycles. The summed E-state index contributed by atoms with van der Waals surface area (Å²) >= 11 is 0. The van der Waals surface area contributed by atoms with Crippen LogP contribution in [-0.4, -0.2) is 12.6 Å². The van der Waals surface area contributed by atoms with Crippen LogP contribution in [0.1, 0.15) is 40.7 Å². The Morgan fingerprint density at radius 1 is 1.05 bits per heavy atom. The van der Waals surface area contributed by atoms with E-state index in [4.69, 9.17) is 24.4 Å². The summed E-state index contributed by atoms with van der Waals surface area (Å²) in [6, 6.07) is 22.7. The molecule has 1 atom stereocenters. The van der Waals surface area contributed by atoms with Gasteiger partial charge in [0.2, 0.25) is 5.88 Å². The van der Waals surface area contributed by atoms with Gasteiger partial charge in [-0.15, -0.1) is 0 Å². The maximum absolute atomic E-state index is 12.8. The number of esters is 1. The topological polar surface area (TPSA) is 125 Å². The van der Waals surface area contributed by atoms with Crippen molar-refractivity contribution in [2.45, 2.75) is 19.3 Å². The summed E-state index contributed by atoms with van der Waals surface area (Å²) in [5, 5.41) is 10.4. The van der Waals surface area contributed by atoms with Crippen LogP contribution in [0.5, 0.6) is 17.2 Å². The third kappa shape index (κ3) is 4.62. The van der Waals surface area contributed by atoms with Crippen LogP contribution in [-0.2, 0) is 0 Å². The second-order valence-electron chi connectivity index (χ2n) is 8.42. The van der Waals surface area contributed by atoms with Crippen molar-refractivity contribution in [2.24, 2.45) is 5.73 Å². The summed E-state index contributed by atoms with van der Waals surface area (Å²) in [4.78, 5) is 25.1. The first-order valence-corrected chi connectivity index (χ1v) is 11.7. The SMILES string of the molecule is CCCOc1ccc(C2C(C#N)=C(N)Oc3cc(OC(=O)c4cc5ccccc5oc4=O)ccc32)cc1. The highest BCUT2D eigenvalue weighted by Crippen LogP contribution is 2.43. The summed E-state index contributed by atoms with van der Waals surface area (Å²) in [7, 11) is 0. The zero-order valence-electron chi connectivity index (χ0n) is 19.9. The molecule has 0 bridgehead atoms. The lowest BCUT2D eigenvalue weighted by Crippen LogP contribution is -2.21. The van der Waals surface area contributed by atoms with E-state index >= 15 is 0 Å². The number of carbonyl (C=O) groups is 1. The smallest absolute Gasteiger partial charge is 0.351 e. The Morgan fingerprint density at radius 3 is 2.57 bits per heavy atom. The number of benzene rings is 3. The van der Waals surface area contributed by atoms with Gasteiger partial charge in [-0.1, -0.05) is 43.3 Å². The van der Waals surface area contributed by atoms with Crippen LogP contribution in [0, 0.1) is 11.3 Å². The minimum Gasteiger partial charge on any atom is -0.494 e. The maximum Gasteiger partial charge on any atom is 0.351 e. The van der Waals surface area contributed by atoms with Crippen molar-refractivity contribution in [3.63, 3.8) is 0 Å². The van der Waals surface area contributed by atoms with Gasteiger partial charge in [0.1, 0.15) is 40.0 Å². The lowest BCUT2D eigenvalue weighted by molar-refractivity contribution is 0.0730. The zero-order valence-corrected chi connectivity index (χ0v) is 19.9. The van der Waals surface area contributed by atoms with Gasteiger partial charge < -0.3 is 24.4 Å². The van der Waals surface area contributed by atoms with Crippen LogP contribution in [0.4, 0.5) is 0 Å². The van der Waals surface area contributed by atoms with Crippen LogP contribution in [0.15, 0.2) is 93.5 Å². The van der Waals surface area contributed by atoms with Gasteiger partial charge in [-0.3, -0.25) is 0 Å². The lowest BCUT2D eigenvalue weighted by atomic mass is 9.83. The van der Waals surface area contributed by atoms with Crippen molar-refractivity contribution in [1.29, 1.82) is 5.26 Å². The molecule has 37 heavy (non-hydrogen) atoms. The van der Waals surface area contributed by atoms with Crippen LogP contribution < -0.4 is 25.6 Å². The standard InChI is InChI=1S/C29H22N2O6/c1-2-13-34-19-9-7-17(8-10-19)26-21-12-11-20(15-25(21)36-27(31)23(26)16-30)35-28(32)22-14-18-5-3-4-6-24(18)37-29(22)33/h3-12,14-15,26H,2,13,31H2,1H3. The molecule has 0 saturated carbocycles. The van der Waals surface area contributed by atoms with E-state index < -0.39 is 17.5 Å². The molecule has 0 amide bonds. The molecule has 0 aliphatic carbocycles. The Balaban J connectivity index is 1.45. The highest BCUT2D eigenvalue weighted by Gasteiger charge is 2.31. The number of hydrogen-bond donors (Lipinski definition) is 1. The molecule has 2 N–H and O–H groups in total. The third-order valence-corrected chi connectivity index (χ3v) is 5.95. The average Bonchev–Trinajstić information content (AvgIpc) is 2.91. The minimum absolute atomic E-state index is 0.0371.